The number of nitrogens with zero attached hydrogens (tertiary/aromatic N) is 1. The van der Waals surface area contributed by atoms with Crippen LogP contribution in [0.15, 0.2) is 54.6 Å². The number of carbonyl (C=O) groups is 2. The lowest BCUT2D eigenvalue weighted by Crippen LogP contribution is -2.42. The molecule has 0 radical (unpaired) electrons. The first-order chi connectivity index (χ1) is 17.1. The Morgan fingerprint density at radius 3 is 2.08 bits per heavy atom. The van der Waals surface area contributed by atoms with E-state index in [9.17, 15) is 9.59 Å². The number of unbranched alkanes of at least 4 members (excludes halogenated alkanes) is 1. The van der Waals surface area contributed by atoms with E-state index in [2.05, 4.69) is 31.2 Å². The first-order valence-electron chi connectivity index (χ1n) is 13.0. The van der Waals surface area contributed by atoms with Gasteiger partial charge in [0.25, 0.3) is 11.8 Å². The molecule has 186 valence electrons. The van der Waals surface area contributed by atoms with Crippen LogP contribution in [-0.2, 0) is 22.2 Å². The average Bonchev–Trinajstić information content (AvgIpc) is 3.07. The predicted octanol–water partition coefficient (Wildman–Crippen LogP) is 5.32. The van der Waals surface area contributed by atoms with Gasteiger partial charge in [0.05, 0.1) is 11.2 Å². The summed E-state index contributed by atoms with van der Waals surface area (Å²) >= 11 is 0. The topological polar surface area (TPSA) is 55.8 Å². The zero-order valence-corrected chi connectivity index (χ0v) is 21.9. The summed E-state index contributed by atoms with van der Waals surface area (Å²) in [6.07, 6.45) is 3.99. The highest BCUT2D eigenvalue weighted by Gasteiger charge is 2.52. The van der Waals surface area contributed by atoms with Crippen LogP contribution in [0.5, 0.6) is 0 Å². The van der Waals surface area contributed by atoms with Crippen molar-refractivity contribution >= 4 is 35.2 Å². The summed E-state index contributed by atoms with van der Waals surface area (Å²) in [5.74, 6) is -0.488. The van der Waals surface area contributed by atoms with Gasteiger partial charge in [-0.25, -0.2) is 0 Å². The quantitative estimate of drug-likeness (QED) is 0.337. The lowest BCUT2D eigenvalue weighted by atomic mass is 9.74. The van der Waals surface area contributed by atoms with Gasteiger partial charge in [-0.1, -0.05) is 55.8 Å². The Morgan fingerprint density at radius 2 is 1.42 bits per heavy atom. The van der Waals surface area contributed by atoms with Crippen LogP contribution in [0, 0.1) is 0 Å². The summed E-state index contributed by atoms with van der Waals surface area (Å²) < 4.78 is 12.6. The maximum atomic E-state index is 13.5. The molecule has 0 aromatic heterocycles. The minimum Gasteiger partial charge on any atom is -0.399 e. The molecule has 0 atom stereocenters. The highest BCUT2D eigenvalue weighted by molar-refractivity contribution is 6.65. The number of carbonyl (C=O) groups excluding carboxylic acids is 2. The van der Waals surface area contributed by atoms with Gasteiger partial charge in [0.2, 0.25) is 0 Å². The number of hydrogen-bond donors (Lipinski definition) is 0. The minimum absolute atomic E-state index is 0.244. The summed E-state index contributed by atoms with van der Waals surface area (Å²) in [6.45, 7) is 10.6. The third kappa shape index (κ3) is 4.16. The highest BCUT2D eigenvalue weighted by atomic mass is 16.7. The molecule has 2 aliphatic rings. The average molecular weight is 483 g/mol. The minimum atomic E-state index is -0.567. The van der Waals surface area contributed by atoms with Gasteiger partial charge in [0.15, 0.2) is 0 Å². The second kappa shape index (κ2) is 9.17. The largest absolute Gasteiger partial charge is 0.495 e. The van der Waals surface area contributed by atoms with Crippen LogP contribution in [0.1, 0.15) is 79.3 Å². The lowest BCUT2D eigenvalue weighted by Gasteiger charge is -2.32. The molecule has 3 aromatic rings. The zero-order valence-electron chi connectivity index (χ0n) is 21.9. The molecule has 36 heavy (non-hydrogen) atoms. The molecule has 1 saturated heterocycles. The smallest absolute Gasteiger partial charge is 0.399 e. The fourth-order valence-electron chi connectivity index (χ4n) is 5.11. The molecule has 0 unspecified atom stereocenters. The molecule has 0 aliphatic carbocycles. The highest BCUT2D eigenvalue weighted by Crippen LogP contribution is 2.38. The monoisotopic (exact) mass is 483 g/mol. The van der Waals surface area contributed by atoms with Gasteiger partial charge in [0.1, 0.15) is 0 Å². The molecule has 0 saturated carbocycles. The molecular formula is C30H34BNO4. The van der Waals surface area contributed by atoms with Crippen LogP contribution >= 0.6 is 0 Å². The van der Waals surface area contributed by atoms with Crippen LogP contribution in [0.4, 0.5) is 0 Å². The van der Waals surface area contributed by atoms with E-state index < -0.39 is 18.3 Å². The second-order valence-electron chi connectivity index (χ2n) is 11.0. The number of imide groups is 1. The van der Waals surface area contributed by atoms with Crippen LogP contribution in [-0.4, -0.2) is 41.6 Å². The van der Waals surface area contributed by atoms with Gasteiger partial charge in [-0.15, -0.1) is 0 Å². The molecule has 0 bridgehead atoms. The van der Waals surface area contributed by atoms with Crippen LogP contribution in [0.2, 0.25) is 0 Å². The Morgan fingerprint density at radius 1 is 0.806 bits per heavy atom. The van der Waals surface area contributed by atoms with E-state index >= 15 is 0 Å². The number of rotatable bonds is 7. The molecular weight excluding hydrogens is 449 g/mol. The van der Waals surface area contributed by atoms with Gasteiger partial charge >= 0.3 is 7.12 Å². The van der Waals surface area contributed by atoms with Crippen LogP contribution < -0.4 is 5.46 Å². The van der Waals surface area contributed by atoms with Gasteiger partial charge in [-0.2, -0.15) is 0 Å². The van der Waals surface area contributed by atoms with Crippen molar-refractivity contribution < 1.29 is 18.9 Å². The maximum absolute atomic E-state index is 13.5. The first-order valence-corrected chi connectivity index (χ1v) is 13.0. The number of hydrogen-bond acceptors (Lipinski definition) is 4. The van der Waals surface area contributed by atoms with Crippen LogP contribution in [0.3, 0.4) is 0 Å². The van der Waals surface area contributed by atoms with Crippen molar-refractivity contribution in [3.63, 3.8) is 0 Å². The standard InChI is InChI=1S/C30H34BNO4/c1-6-7-10-20-11-8-12-21(19-20)17-18-32-27(33)23-14-9-13-22-25(16-15-24(26(22)23)28(32)34)31-35-29(2,3)30(4,5)36-31/h8-9,11-16,19H,6-7,10,17-18H2,1-5H3. The molecule has 2 amide bonds. The normalized spacial score (nSPS) is 18.4. The van der Waals surface area contributed by atoms with E-state index in [1.807, 2.05) is 58.0 Å². The number of amides is 2. The summed E-state index contributed by atoms with van der Waals surface area (Å²) in [5.41, 5.74) is 3.43. The van der Waals surface area contributed by atoms with Crippen molar-refractivity contribution in [2.45, 2.75) is 71.5 Å². The zero-order chi connectivity index (χ0) is 25.7. The van der Waals surface area contributed by atoms with Crippen molar-refractivity contribution in [1.82, 2.24) is 4.90 Å². The molecule has 0 spiro atoms. The summed E-state index contributed by atoms with van der Waals surface area (Å²) in [5, 5.41) is 1.52. The second-order valence-corrected chi connectivity index (χ2v) is 11.0. The van der Waals surface area contributed by atoms with Gasteiger partial charge in [-0.3, -0.25) is 14.5 Å². The maximum Gasteiger partial charge on any atom is 0.495 e. The molecule has 0 N–H and O–H groups in total. The Kier molecular flexibility index (Phi) is 6.30. The Bertz CT molecular complexity index is 1310. The van der Waals surface area contributed by atoms with Crippen molar-refractivity contribution in [2.75, 3.05) is 6.54 Å². The number of benzene rings is 3. The Hall–Kier alpha value is -2.96. The van der Waals surface area contributed by atoms with E-state index in [0.29, 0.717) is 29.5 Å². The molecule has 5 nitrogen and oxygen atoms in total. The van der Waals surface area contributed by atoms with E-state index in [1.165, 1.54) is 10.5 Å². The third-order valence-corrected chi connectivity index (χ3v) is 7.97. The summed E-state index contributed by atoms with van der Waals surface area (Å²) in [4.78, 5) is 28.4. The van der Waals surface area contributed by atoms with Gasteiger partial charge in [0, 0.05) is 23.1 Å². The number of aryl methyl sites for hydroxylation is 1. The van der Waals surface area contributed by atoms with Crippen LogP contribution in [0.25, 0.3) is 10.8 Å². The third-order valence-electron chi connectivity index (χ3n) is 7.97. The SMILES string of the molecule is CCCCc1cccc(CCN2C(=O)c3cccc4c(B5OC(C)(C)C(C)(C)O5)ccc(c34)C2=O)c1. The molecule has 6 heteroatoms. The van der Waals surface area contributed by atoms with Crippen molar-refractivity contribution in [3.8, 4) is 0 Å². The molecule has 3 aromatic carbocycles. The van der Waals surface area contributed by atoms with E-state index in [-0.39, 0.29) is 11.8 Å². The van der Waals surface area contributed by atoms with Crippen molar-refractivity contribution in [1.29, 1.82) is 0 Å². The van der Waals surface area contributed by atoms with Crippen molar-refractivity contribution in [3.05, 3.63) is 76.9 Å². The van der Waals surface area contributed by atoms with E-state index in [0.717, 1.165) is 35.7 Å². The summed E-state index contributed by atoms with van der Waals surface area (Å²) in [7, 11) is -0.567. The Balaban J connectivity index is 1.44. The fourth-order valence-corrected chi connectivity index (χ4v) is 5.11. The fraction of sp³-hybridized carbons (Fsp3) is 0.400. The summed E-state index contributed by atoms with van der Waals surface area (Å²) in [6, 6.07) is 17.8. The van der Waals surface area contributed by atoms with E-state index in [1.54, 1.807) is 0 Å². The first kappa shape index (κ1) is 24.7. The molecule has 2 heterocycles. The van der Waals surface area contributed by atoms with Gasteiger partial charge in [-0.05, 0) is 81.1 Å². The molecule has 5 rings (SSSR count). The van der Waals surface area contributed by atoms with E-state index in [4.69, 9.17) is 9.31 Å². The molecule has 2 aliphatic heterocycles. The van der Waals surface area contributed by atoms with Crippen molar-refractivity contribution in [2.24, 2.45) is 0 Å². The predicted molar refractivity (Wildman–Crippen MR) is 144 cm³/mol. The van der Waals surface area contributed by atoms with Gasteiger partial charge < -0.3 is 9.31 Å². The molecule has 1 fully saturated rings. The Labute approximate surface area is 213 Å². The lowest BCUT2D eigenvalue weighted by molar-refractivity contribution is 0.00578.